The van der Waals surface area contributed by atoms with Crippen LogP contribution in [-0.4, -0.2) is 43.6 Å². The molecule has 1 N–H and O–H groups in total. The predicted molar refractivity (Wildman–Crippen MR) is 97.2 cm³/mol. The number of ketones is 1. The quantitative estimate of drug-likeness (QED) is 0.431. The number of anilines is 1. The van der Waals surface area contributed by atoms with Gasteiger partial charge in [-0.1, -0.05) is 13.3 Å². The highest BCUT2D eigenvalue weighted by Gasteiger charge is 2.25. The van der Waals surface area contributed by atoms with Gasteiger partial charge < -0.3 is 19.5 Å². The highest BCUT2D eigenvalue weighted by Crippen LogP contribution is 2.35. The molecule has 0 aromatic heterocycles. The molecule has 0 spiro atoms. The van der Waals surface area contributed by atoms with Crippen LogP contribution in [0.4, 0.5) is 5.69 Å². The molecular weight excluding hydrogens is 338 g/mol. The van der Waals surface area contributed by atoms with Crippen molar-refractivity contribution in [3.8, 4) is 5.75 Å². The van der Waals surface area contributed by atoms with Crippen LogP contribution in [0.15, 0.2) is 23.9 Å². The van der Waals surface area contributed by atoms with Crippen molar-refractivity contribution in [2.45, 2.75) is 33.6 Å². The summed E-state index contributed by atoms with van der Waals surface area (Å²) in [6.07, 6.45) is 2.25. The molecule has 26 heavy (non-hydrogen) atoms. The maximum absolute atomic E-state index is 12.2. The number of phenolic OH excluding ortho intramolecular Hbond substituents is 1. The van der Waals surface area contributed by atoms with Gasteiger partial charge in [0.2, 0.25) is 0 Å². The number of methoxy groups -OCH3 is 2. The number of rotatable bonds is 8. The molecule has 7 heteroatoms. The minimum atomic E-state index is -0.713. The molecule has 0 fully saturated rings. The monoisotopic (exact) mass is 363 g/mol. The van der Waals surface area contributed by atoms with Gasteiger partial charge in [0.1, 0.15) is 11.4 Å². The fraction of sp³-hybridized carbons (Fsp3) is 0.421. The standard InChI is InChI=1S/C19H25NO6/c1-6-8-14-15(10-9-13(12(3)21)18(14)23)20(7-2)16(19(24)26-5)11-17(22)25-4/h9-11,23H,6-8H2,1-5H3/b16-11+. The van der Waals surface area contributed by atoms with Gasteiger partial charge in [-0.3, -0.25) is 4.79 Å². The van der Waals surface area contributed by atoms with Gasteiger partial charge in [0.05, 0.1) is 25.9 Å². The Morgan fingerprint density at radius 2 is 1.81 bits per heavy atom. The SMILES string of the molecule is CCCc1c(N(CC)/C(=C/C(=O)OC)C(=O)OC)ccc(C(C)=O)c1O. The third-order valence-corrected chi connectivity index (χ3v) is 3.89. The highest BCUT2D eigenvalue weighted by molar-refractivity contribution is 6.01. The minimum absolute atomic E-state index is 0.0193. The van der Waals surface area contributed by atoms with Gasteiger partial charge in [-0.2, -0.15) is 0 Å². The summed E-state index contributed by atoms with van der Waals surface area (Å²) in [6, 6.07) is 3.15. The van der Waals surface area contributed by atoms with Crippen LogP contribution in [0.3, 0.4) is 0 Å². The first-order chi connectivity index (χ1) is 12.3. The average Bonchev–Trinajstić information content (AvgIpc) is 2.62. The number of carbonyl (C=O) groups excluding carboxylic acids is 3. The second kappa shape index (κ2) is 9.60. The number of aromatic hydroxyl groups is 1. The molecule has 0 saturated carbocycles. The van der Waals surface area contributed by atoms with E-state index in [1.54, 1.807) is 17.9 Å². The molecule has 0 aliphatic rings. The molecular formula is C19H25NO6. The number of carbonyl (C=O) groups is 3. The smallest absolute Gasteiger partial charge is 0.354 e. The van der Waals surface area contributed by atoms with E-state index < -0.39 is 11.9 Å². The number of benzene rings is 1. The Morgan fingerprint density at radius 3 is 2.27 bits per heavy atom. The number of Topliss-reactive ketones (excluding diaryl/α,β-unsaturated/α-hetero) is 1. The predicted octanol–water partition coefficient (Wildman–Crippen LogP) is 2.60. The highest BCUT2D eigenvalue weighted by atomic mass is 16.5. The molecule has 0 bridgehead atoms. The van der Waals surface area contributed by atoms with Crippen molar-refractivity contribution >= 4 is 23.4 Å². The zero-order valence-corrected chi connectivity index (χ0v) is 15.8. The van der Waals surface area contributed by atoms with Gasteiger partial charge in [0.25, 0.3) is 0 Å². The molecule has 0 saturated heterocycles. The lowest BCUT2D eigenvalue weighted by Crippen LogP contribution is -2.30. The average molecular weight is 363 g/mol. The van der Waals surface area contributed by atoms with Crippen molar-refractivity contribution in [2.24, 2.45) is 0 Å². The van der Waals surface area contributed by atoms with Crippen LogP contribution in [0, 0.1) is 0 Å². The lowest BCUT2D eigenvalue weighted by molar-refractivity contribution is -0.138. The summed E-state index contributed by atoms with van der Waals surface area (Å²) in [4.78, 5) is 37.2. The number of hydrogen-bond donors (Lipinski definition) is 1. The summed E-state index contributed by atoms with van der Waals surface area (Å²) < 4.78 is 9.39. The van der Waals surface area contributed by atoms with Crippen molar-refractivity contribution in [1.82, 2.24) is 0 Å². The number of hydrogen-bond acceptors (Lipinski definition) is 7. The first-order valence-electron chi connectivity index (χ1n) is 8.33. The molecule has 0 unspecified atom stereocenters. The van der Waals surface area contributed by atoms with E-state index in [0.717, 1.165) is 6.08 Å². The Balaban J connectivity index is 3.63. The molecule has 142 valence electrons. The van der Waals surface area contributed by atoms with Crippen molar-refractivity contribution in [1.29, 1.82) is 0 Å². The second-order valence-electron chi connectivity index (χ2n) is 5.55. The molecule has 0 atom stereocenters. The number of phenols is 1. The van der Waals surface area contributed by atoms with Gasteiger partial charge in [0, 0.05) is 17.8 Å². The maximum Gasteiger partial charge on any atom is 0.354 e. The van der Waals surface area contributed by atoms with Gasteiger partial charge in [-0.25, -0.2) is 9.59 Å². The normalized spacial score (nSPS) is 11.0. The van der Waals surface area contributed by atoms with Crippen molar-refractivity contribution in [3.63, 3.8) is 0 Å². The summed E-state index contributed by atoms with van der Waals surface area (Å²) in [7, 11) is 2.42. The van der Waals surface area contributed by atoms with Crippen molar-refractivity contribution in [2.75, 3.05) is 25.7 Å². The topological polar surface area (TPSA) is 93.1 Å². The van der Waals surface area contributed by atoms with Crippen molar-refractivity contribution in [3.05, 3.63) is 35.0 Å². The largest absolute Gasteiger partial charge is 0.507 e. The third kappa shape index (κ3) is 4.62. The lowest BCUT2D eigenvalue weighted by atomic mass is 9.99. The van der Waals surface area contributed by atoms with Crippen LogP contribution < -0.4 is 4.90 Å². The second-order valence-corrected chi connectivity index (χ2v) is 5.55. The number of nitrogens with zero attached hydrogens (tertiary/aromatic N) is 1. The Bertz CT molecular complexity index is 723. The Morgan fingerprint density at radius 1 is 1.15 bits per heavy atom. The van der Waals surface area contributed by atoms with Crippen molar-refractivity contribution < 1.29 is 29.0 Å². The van der Waals surface area contributed by atoms with Crippen LogP contribution in [0.5, 0.6) is 5.75 Å². The zero-order valence-electron chi connectivity index (χ0n) is 15.8. The summed E-state index contributed by atoms with van der Waals surface area (Å²) in [5.74, 6) is -1.79. The molecule has 0 aliphatic heterocycles. The van der Waals surface area contributed by atoms with E-state index >= 15 is 0 Å². The van der Waals surface area contributed by atoms with E-state index in [1.165, 1.54) is 27.2 Å². The van der Waals surface area contributed by atoms with Crippen LogP contribution in [0.2, 0.25) is 0 Å². The summed E-state index contributed by atoms with van der Waals surface area (Å²) in [6.45, 7) is 5.43. The molecule has 0 heterocycles. The molecule has 7 nitrogen and oxygen atoms in total. The summed E-state index contributed by atoms with van der Waals surface area (Å²) in [5.41, 5.74) is 1.25. The third-order valence-electron chi connectivity index (χ3n) is 3.89. The van der Waals surface area contributed by atoms with E-state index in [-0.39, 0.29) is 22.8 Å². The summed E-state index contributed by atoms with van der Waals surface area (Å²) >= 11 is 0. The van der Waals surface area contributed by atoms with Crippen LogP contribution in [0.1, 0.15) is 43.1 Å². The minimum Gasteiger partial charge on any atom is -0.507 e. The zero-order chi connectivity index (χ0) is 19.9. The Kier molecular flexibility index (Phi) is 7.83. The Labute approximate surface area is 153 Å². The first kappa shape index (κ1) is 21.2. The van der Waals surface area contributed by atoms with E-state index in [9.17, 15) is 19.5 Å². The van der Waals surface area contributed by atoms with E-state index in [1.807, 2.05) is 6.92 Å². The van der Waals surface area contributed by atoms with Gasteiger partial charge in [0.15, 0.2) is 5.78 Å². The molecule has 1 rings (SSSR count). The number of ether oxygens (including phenoxy) is 2. The van der Waals surface area contributed by atoms with Crippen LogP contribution in [0.25, 0.3) is 0 Å². The van der Waals surface area contributed by atoms with Crippen LogP contribution in [-0.2, 0) is 25.5 Å². The summed E-state index contributed by atoms with van der Waals surface area (Å²) in [5, 5.41) is 10.5. The van der Waals surface area contributed by atoms with E-state index in [0.29, 0.717) is 30.6 Å². The fourth-order valence-electron chi connectivity index (χ4n) is 2.65. The number of esters is 2. The van der Waals surface area contributed by atoms with Crippen LogP contribution >= 0.6 is 0 Å². The molecule has 1 aromatic rings. The molecule has 0 amide bonds. The molecule has 1 aromatic carbocycles. The Hall–Kier alpha value is -2.83. The lowest BCUT2D eigenvalue weighted by Gasteiger charge is -2.27. The maximum atomic E-state index is 12.2. The van der Waals surface area contributed by atoms with Gasteiger partial charge in [-0.05, 0) is 32.4 Å². The van der Waals surface area contributed by atoms with Gasteiger partial charge in [-0.15, -0.1) is 0 Å². The molecule has 0 radical (unpaired) electrons. The van der Waals surface area contributed by atoms with E-state index in [4.69, 9.17) is 4.74 Å². The first-order valence-corrected chi connectivity index (χ1v) is 8.33. The fourth-order valence-corrected chi connectivity index (χ4v) is 2.65. The van der Waals surface area contributed by atoms with Gasteiger partial charge >= 0.3 is 11.9 Å². The molecule has 0 aliphatic carbocycles. The number of likely N-dealkylation sites (N-methyl/N-ethyl adjacent to an activating group) is 1. The van der Waals surface area contributed by atoms with E-state index in [2.05, 4.69) is 4.74 Å².